The van der Waals surface area contributed by atoms with Crippen molar-refractivity contribution in [2.24, 2.45) is 5.92 Å². The second kappa shape index (κ2) is 6.54. The summed E-state index contributed by atoms with van der Waals surface area (Å²) < 4.78 is 0. The summed E-state index contributed by atoms with van der Waals surface area (Å²) in [7, 11) is 2.33. The fourth-order valence-electron chi connectivity index (χ4n) is 4.06. The van der Waals surface area contributed by atoms with Crippen LogP contribution in [0.3, 0.4) is 0 Å². The van der Waals surface area contributed by atoms with Gasteiger partial charge in [-0.1, -0.05) is 6.92 Å². The molecule has 0 amide bonds. The lowest BCUT2D eigenvalue weighted by Crippen LogP contribution is -2.48. The minimum Gasteiger partial charge on any atom is -0.313 e. The largest absolute Gasteiger partial charge is 0.313 e. The third-order valence-corrected chi connectivity index (χ3v) is 6.04. The van der Waals surface area contributed by atoms with Crippen molar-refractivity contribution < 1.29 is 0 Å². The van der Waals surface area contributed by atoms with E-state index in [0.717, 1.165) is 31.0 Å². The van der Waals surface area contributed by atoms with Crippen molar-refractivity contribution in [1.29, 1.82) is 0 Å². The maximum atomic E-state index is 4.50. The molecule has 0 aromatic carbocycles. The van der Waals surface area contributed by atoms with Gasteiger partial charge in [0.2, 0.25) is 0 Å². The van der Waals surface area contributed by atoms with Gasteiger partial charge in [-0.15, -0.1) is 11.3 Å². The lowest BCUT2D eigenvalue weighted by molar-refractivity contribution is 0.112. The summed E-state index contributed by atoms with van der Waals surface area (Å²) in [5.41, 5.74) is 0. The first kappa shape index (κ1) is 14.5. The Morgan fingerprint density at radius 2 is 2.15 bits per heavy atom. The van der Waals surface area contributed by atoms with Gasteiger partial charge in [0, 0.05) is 36.1 Å². The number of aromatic nitrogens is 1. The molecule has 1 aromatic rings. The van der Waals surface area contributed by atoms with Crippen molar-refractivity contribution in [3.05, 3.63) is 16.6 Å². The molecule has 3 unspecified atom stereocenters. The monoisotopic (exact) mass is 293 g/mol. The molecule has 112 valence electrons. The molecule has 2 saturated heterocycles. The molecule has 2 bridgehead atoms. The lowest BCUT2D eigenvalue weighted by Gasteiger charge is -2.40. The number of fused-ring (bicyclic) bond motifs is 2. The molecule has 3 heterocycles. The van der Waals surface area contributed by atoms with E-state index < -0.39 is 0 Å². The summed E-state index contributed by atoms with van der Waals surface area (Å²) >= 11 is 1.80. The Bertz CT molecular complexity index is 392. The molecule has 0 spiro atoms. The van der Waals surface area contributed by atoms with E-state index in [1.807, 2.05) is 6.20 Å². The van der Waals surface area contributed by atoms with E-state index in [1.165, 1.54) is 37.1 Å². The molecule has 1 N–H and O–H groups in total. The van der Waals surface area contributed by atoms with E-state index in [2.05, 4.69) is 34.6 Å². The number of thiazole rings is 1. The Balaban J connectivity index is 1.66. The average molecular weight is 293 g/mol. The summed E-state index contributed by atoms with van der Waals surface area (Å²) in [5, 5.41) is 7.21. The van der Waals surface area contributed by atoms with Crippen molar-refractivity contribution in [2.45, 2.75) is 63.6 Å². The van der Waals surface area contributed by atoms with E-state index in [1.54, 1.807) is 11.3 Å². The van der Waals surface area contributed by atoms with Gasteiger partial charge in [-0.05, 0) is 51.6 Å². The molecule has 1 aromatic heterocycles. The topological polar surface area (TPSA) is 28.2 Å². The average Bonchev–Trinajstić information content (AvgIpc) is 3.00. The van der Waals surface area contributed by atoms with Crippen molar-refractivity contribution in [3.63, 3.8) is 0 Å². The van der Waals surface area contributed by atoms with Crippen LogP contribution in [-0.4, -0.2) is 41.6 Å². The first-order valence-corrected chi connectivity index (χ1v) is 8.99. The molecule has 0 aliphatic carbocycles. The van der Waals surface area contributed by atoms with Crippen LogP contribution < -0.4 is 5.32 Å². The Morgan fingerprint density at radius 1 is 1.40 bits per heavy atom. The highest BCUT2D eigenvalue weighted by Crippen LogP contribution is 2.39. The fraction of sp³-hybridized carbons (Fsp3) is 0.812. The van der Waals surface area contributed by atoms with E-state index in [-0.39, 0.29) is 0 Å². The summed E-state index contributed by atoms with van der Waals surface area (Å²) in [4.78, 5) is 7.13. The lowest BCUT2D eigenvalue weighted by atomic mass is 9.83. The smallest absolute Gasteiger partial charge is 0.0940 e. The molecule has 3 nitrogen and oxygen atoms in total. The van der Waals surface area contributed by atoms with Crippen LogP contribution in [0.15, 0.2) is 11.6 Å². The SMILES string of the molecule is CCCNC(Cc1nccs1)C1CC2CCC(C1)N2C. The van der Waals surface area contributed by atoms with E-state index in [4.69, 9.17) is 0 Å². The quantitative estimate of drug-likeness (QED) is 0.874. The number of piperidine rings is 1. The zero-order valence-electron chi connectivity index (χ0n) is 12.7. The molecule has 0 saturated carbocycles. The fourth-order valence-corrected chi connectivity index (χ4v) is 4.74. The van der Waals surface area contributed by atoms with Gasteiger partial charge in [-0.3, -0.25) is 0 Å². The van der Waals surface area contributed by atoms with E-state index in [0.29, 0.717) is 6.04 Å². The Kier molecular flexibility index (Phi) is 4.74. The number of nitrogens with zero attached hydrogens (tertiary/aromatic N) is 2. The second-order valence-electron chi connectivity index (χ2n) is 6.47. The Hall–Kier alpha value is -0.450. The normalized spacial score (nSPS) is 31.6. The highest BCUT2D eigenvalue weighted by atomic mass is 32.1. The highest BCUT2D eigenvalue weighted by Gasteiger charge is 2.40. The third kappa shape index (κ3) is 3.07. The molecule has 4 heteroatoms. The van der Waals surface area contributed by atoms with Crippen LogP contribution in [0.25, 0.3) is 0 Å². The van der Waals surface area contributed by atoms with Crippen LogP contribution in [0.5, 0.6) is 0 Å². The minimum absolute atomic E-state index is 0.623. The van der Waals surface area contributed by atoms with Gasteiger partial charge in [0.15, 0.2) is 0 Å². The Morgan fingerprint density at radius 3 is 2.75 bits per heavy atom. The predicted molar refractivity (Wildman–Crippen MR) is 85.2 cm³/mol. The summed E-state index contributed by atoms with van der Waals surface area (Å²) in [6.45, 7) is 3.39. The molecule has 3 atom stereocenters. The predicted octanol–water partition coefficient (Wildman–Crippen LogP) is 2.93. The summed E-state index contributed by atoms with van der Waals surface area (Å²) in [5.74, 6) is 0.833. The standard InChI is InChI=1S/C16H27N3S/c1-3-6-17-15(11-16-18-7-8-20-16)12-9-13-4-5-14(10-12)19(13)2/h7-8,12-15,17H,3-6,9-11H2,1-2H3. The van der Waals surface area contributed by atoms with Crippen molar-refractivity contribution in [2.75, 3.05) is 13.6 Å². The minimum atomic E-state index is 0.623. The number of hydrogen-bond donors (Lipinski definition) is 1. The Labute approximate surface area is 126 Å². The van der Waals surface area contributed by atoms with Gasteiger partial charge in [0.05, 0.1) is 5.01 Å². The zero-order chi connectivity index (χ0) is 13.9. The van der Waals surface area contributed by atoms with Gasteiger partial charge in [0.1, 0.15) is 0 Å². The van der Waals surface area contributed by atoms with Crippen LogP contribution in [-0.2, 0) is 6.42 Å². The van der Waals surface area contributed by atoms with Gasteiger partial charge in [0.25, 0.3) is 0 Å². The first-order chi connectivity index (χ1) is 9.78. The zero-order valence-corrected chi connectivity index (χ0v) is 13.5. The van der Waals surface area contributed by atoms with Crippen LogP contribution in [0, 0.1) is 5.92 Å². The summed E-state index contributed by atoms with van der Waals surface area (Å²) in [6.07, 6.45) is 9.85. The molecule has 20 heavy (non-hydrogen) atoms. The number of nitrogens with one attached hydrogen (secondary N) is 1. The molecule has 3 rings (SSSR count). The number of hydrogen-bond acceptors (Lipinski definition) is 4. The van der Waals surface area contributed by atoms with Crippen LogP contribution in [0.2, 0.25) is 0 Å². The van der Waals surface area contributed by atoms with Gasteiger partial charge < -0.3 is 10.2 Å². The highest BCUT2D eigenvalue weighted by molar-refractivity contribution is 7.09. The number of rotatable bonds is 6. The maximum absolute atomic E-state index is 4.50. The molecule has 2 aliphatic heterocycles. The van der Waals surface area contributed by atoms with E-state index in [9.17, 15) is 0 Å². The maximum Gasteiger partial charge on any atom is 0.0940 e. The molecule has 0 radical (unpaired) electrons. The van der Waals surface area contributed by atoms with Gasteiger partial charge in [-0.25, -0.2) is 4.98 Å². The van der Waals surface area contributed by atoms with Gasteiger partial charge >= 0.3 is 0 Å². The summed E-state index contributed by atoms with van der Waals surface area (Å²) in [6, 6.07) is 2.29. The molecular weight excluding hydrogens is 266 g/mol. The molecule has 2 aliphatic rings. The van der Waals surface area contributed by atoms with Crippen molar-refractivity contribution in [3.8, 4) is 0 Å². The van der Waals surface area contributed by atoms with Crippen LogP contribution in [0.1, 0.15) is 44.0 Å². The van der Waals surface area contributed by atoms with Crippen LogP contribution in [0.4, 0.5) is 0 Å². The molecular formula is C16H27N3S. The third-order valence-electron chi connectivity index (χ3n) is 5.24. The van der Waals surface area contributed by atoms with Crippen molar-refractivity contribution >= 4 is 11.3 Å². The van der Waals surface area contributed by atoms with E-state index >= 15 is 0 Å². The van der Waals surface area contributed by atoms with Gasteiger partial charge in [-0.2, -0.15) is 0 Å². The van der Waals surface area contributed by atoms with Crippen LogP contribution >= 0.6 is 11.3 Å². The molecule has 2 fully saturated rings. The van der Waals surface area contributed by atoms with Crippen molar-refractivity contribution in [1.82, 2.24) is 15.2 Å². The second-order valence-corrected chi connectivity index (χ2v) is 7.45. The first-order valence-electron chi connectivity index (χ1n) is 8.11.